The lowest BCUT2D eigenvalue weighted by atomic mass is 10.0. The summed E-state index contributed by atoms with van der Waals surface area (Å²) in [5.41, 5.74) is 0. The fraction of sp³-hybridized carbons (Fsp3) is 0.860. The van der Waals surface area contributed by atoms with Gasteiger partial charge in [0.1, 0.15) is 0 Å². The normalized spacial score (nSPS) is 12.9. The molecule has 1 amide bonds. The number of rotatable bonds is 51. The molecule has 0 bridgehead atoms. The number of aliphatic hydroxyl groups is 2. The van der Waals surface area contributed by atoms with Crippen molar-refractivity contribution < 1.29 is 24.5 Å². The van der Waals surface area contributed by atoms with E-state index >= 15 is 0 Å². The number of nitrogens with one attached hydrogen (secondary N) is 1. The van der Waals surface area contributed by atoms with Crippen LogP contribution in [0.2, 0.25) is 0 Å². The molecule has 6 nitrogen and oxygen atoms in total. The Morgan fingerprint density at radius 3 is 1.22 bits per heavy atom. The Labute approximate surface area is 392 Å². The zero-order valence-corrected chi connectivity index (χ0v) is 42.1. The monoisotopic (exact) mass is 886 g/mol. The number of ether oxygens (including phenoxy) is 1. The first-order valence-corrected chi connectivity index (χ1v) is 27.8. The molecule has 3 N–H and O–H groups in total. The van der Waals surface area contributed by atoms with Gasteiger partial charge in [-0.25, -0.2) is 0 Å². The van der Waals surface area contributed by atoms with Crippen molar-refractivity contribution in [3.63, 3.8) is 0 Å². The number of carbonyl (C=O) groups excluding carboxylic acids is 2. The van der Waals surface area contributed by atoms with Crippen molar-refractivity contribution in [1.82, 2.24) is 5.32 Å². The van der Waals surface area contributed by atoms with E-state index in [4.69, 9.17) is 4.74 Å². The van der Waals surface area contributed by atoms with Crippen molar-refractivity contribution in [2.75, 3.05) is 13.2 Å². The largest absolute Gasteiger partial charge is 0.466 e. The van der Waals surface area contributed by atoms with Gasteiger partial charge >= 0.3 is 5.97 Å². The first kappa shape index (κ1) is 61.1. The second-order valence-electron chi connectivity index (χ2n) is 18.9. The summed E-state index contributed by atoms with van der Waals surface area (Å²) in [7, 11) is 0. The summed E-state index contributed by atoms with van der Waals surface area (Å²) < 4.78 is 5.45. The fourth-order valence-corrected chi connectivity index (χ4v) is 8.37. The number of amides is 1. The molecule has 0 aliphatic rings. The van der Waals surface area contributed by atoms with Gasteiger partial charge in [0, 0.05) is 12.8 Å². The molecule has 0 aromatic rings. The average molecular weight is 886 g/mol. The van der Waals surface area contributed by atoms with E-state index < -0.39 is 12.1 Å². The maximum atomic E-state index is 12.5. The second kappa shape index (κ2) is 52.7. The molecule has 0 radical (unpaired) electrons. The lowest BCUT2D eigenvalue weighted by Crippen LogP contribution is -2.45. The smallest absolute Gasteiger partial charge is 0.305 e. The summed E-state index contributed by atoms with van der Waals surface area (Å²) in [6.07, 6.45) is 64.4. The van der Waals surface area contributed by atoms with E-state index in [2.05, 4.69) is 43.5 Å². The van der Waals surface area contributed by atoms with Crippen LogP contribution in [0.3, 0.4) is 0 Å². The Morgan fingerprint density at radius 1 is 0.444 bits per heavy atom. The summed E-state index contributed by atoms with van der Waals surface area (Å²) in [4.78, 5) is 24.5. The van der Waals surface area contributed by atoms with Crippen molar-refractivity contribution in [1.29, 1.82) is 0 Å². The molecule has 0 aromatic carbocycles. The molecule has 0 rings (SSSR count). The molecular formula is C57H107NO5. The zero-order valence-electron chi connectivity index (χ0n) is 42.1. The zero-order chi connectivity index (χ0) is 45.8. The van der Waals surface area contributed by atoms with E-state index in [1.54, 1.807) is 6.08 Å². The number of hydrogen-bond acceptors (Lipinski definition) is 5. The van der Waals surface area contributed by atoms with Crippen molar-refractivity contribution in [2.24, 2.45) is 0 Å². The first-order chi connectivity index (χ1) is 31.0. The highest BCUT2D eigenvalue weighted by molar-refractivity contribution is 5.76. The molecule has 0 saturated heterocycles. The Bertz CT molecular complexity index is 1020. The molecule has 0 spiro atoms. The van der Waals surface area contributed by atoms with Gasteiger partial charge in [0.05, 0.1) is 25.4 Å². The highest BCUT2D eigenvalue weighted by atomic mass is 16.5. The van der Waals surface area contributed by atoms with Crippen LogP contribution in [0.25, 0.3) is 0 Å². The van der Waals surface area contributed by atoms with Gasteiger partial charge in [0.25, 0.3) is 0 Å². The van der Waals surface area contributed by atoms with Gasteiger partial charge in [0.2, 0.25) is 5.91 Å². The van der Waals surface area contributed by atoms with E-state index in [9.17, 15) is 19.8 Å². The number of allylic oxidation sites excluding steroid dienone is 5. The average Bonchev–Trinajstić information content (AvgIpc) is 3.28. The van der Waals surface area contributed by atoms with Gasteiger partial charge in [-0.1, -0.05) is 249 Å². The maximum Gasteiger partial charge on any atom is 0.305 e. The molecular weight excluding hydrogens is 779 g/mol. The number of unbranched alkanes of at least 4 members (excludes halogenated alkanes) is 36. The van der Waals surface area contributed by atoms with Crippen LogP contribution in [0.1, 0.15) is 290 Å². The van der Waals surface area contributed by atoms with Crippen LogP contribution in [0, 0.1) is 0 Å². The van der Waals surface area contributed by atoms with Gasteiger partial charge in [-0.05, 0) is 64.2 Å². The van der Waals surface area contributed by atoms with E-state index in [-0.39, 0.29) is 18.5 Å². The highest BCUT2D eigenvalue weighted by Gasteiger charge is 2.18. The summed E-state index contributed by atoms with van der Waals surface area (Å²) in [5.74, 6) is -0.136. The van der Waals surface area contributed by atoms with Gasteiger partial charge in [-0.15, -0.1) is 0 Å². The lowest BCUT2D eigenvalue weighted by molar-refractivity contribution is -0.143. The molecule has 0 heterocycles. The molecule has 370 valence electrons. The quantitative estimate of drug-likeness (QED) is 0.0321. The standard InChI is InChI=1S/C57H107NO5/c1-3-5-7-9-11-13-15-17-19-21-22-23-24-25-26-28-30-33-37-41-45-49-55(60)54(53-59)58-56(61)50-46-42-38-34-32-36-40-44-48-52-63-57(62)51-47-43-39-35-31-29-27-20-18-16-14-12-10-8-6-4-2/h14,16,20,27,45,49,54-55,59-60H,3-13,15,17-19,21-26,28-44,46-48,50-53H2,1-2H3,(H,58,61)/b16-14-,27-20-,49-45+. The van der Waals surface area contributed by atoms with Crippen molar-refractivity contribution in [2.45, 2.75) is 302 Å². The van der Waals surface area contributed by atoms with Crippen LogP contribution in [0.15, 0.2) is 36.5 Å². The van der Waals surface area contributed by atoms with Crippen LogP contribution in [-0.4, -0.2) is 47.4 Å². The van der Waals surface area contributed by atoms with Crippen LogP contribution < -0.4 is 5.32 Å². The first-order valence-electron chi connectivity index (χ1n) is 27.8. The highest BCUT2D eigenvalue weighted by Crippen LogP contribution is 2.16. The predicted octanol–water partition coefficient (Wildman–Crippen LogP) is 16.9. The van der Waals surface area contributed by atoms with Crippen molar-refractivity contribution in [3.05, 3.63) is 36.5 Å². The number of aliphatic hydroxyl groups excluding tert-OH is 2. The van der Waals surface area contributed by atoms with E-state index in [1.165, 1.54) is 193 Å². The third-order valence-electron chi connectivity index (χ3n) is 12.7. The molecule has 0 fully saturated rings. The topological polar surface area (TPSA) is 95.9 Å². The molecule has 6 heteroatoms. The number of hydrogen-bond donors (Lipinski definition) is 3. The number of carbonyl (C=O) groups is 2. The SMILES string of the molecule is CCCCCC/C=C\C/C=C\CCCCCCCC(=O)OCCCCCCCCCCCC(=O)NC(CO)C(O)/C=C/CCCCCCCCCCCCCCCCCCCCC. The van der Waals surface area contributed by atoms with Crippen LogP contribution in [0.5, 0.6) is 0 Å². The Balaban J connectivity index is 3.53. The van der Waals surface area contributed by atoms with Crippen molar-refractivity contribution in [3.8, 4) is 0 Å². The minimum atomic E-state index is -0.864. The summed E-state index contributed by atoms with van der Waals surface area (Å²) in [6, 6.07) is -0.650. The molecule has 0 aliphatic heterocycles. The van der Waals surface area contributed by atoms with E-state index in [0.717, 1.165) is 70.6 Å². The van der Waals surface area contributed by atoms with Gasteiger partial charge < -0.3 is 20.3 Å². The Hall–Kier alpha value is -1.92. The van der Waals surface area contributed by atoms with E-state index in [0.29, 0.717) is 19.4 Å². The molecule has 2 unspecified atom stereocenters. The molecule has 0 saturated carbocycles. The summed E-state index contributed by atoms with van der Waals surface area (Å²) >= 11 is 0. The third kappa shape index (κ3) is 49.4. The van der Waals surface area contributed by atoms with Crippen LogP contribution in [-0.2, 0) is 14.3 Å². The minimum Gasteiger partial charge on any atom is -0.466 e. The number of esters is 1. The van der Waals surface area contributed by atoms with Gasteiger partial charge in [0.15, 0.2) is 0 Å². The summed E-state index contributed by atoms with van der Waals surface area (Å²) in [5, 5.41) is 23.1. The second-order valence-corrected chi connectivity index (χ2v) is 18.9. The van der Waals surface area contributed by atoms with E-state index in [1.807, 2.05) is 6.08 Å². The third-order valence-corrected chi connectivity index (χ3v) is 12.7. The van der Waals surface area contributed by atoms with Crippen LogP contribution in [0.4, 0.5) is 0 Å². The maximum absolute atomic E-state index is 12.5. The predicted molar refractivity (Wildman–Crippen MR) is 273 cm³/mol. The van der Waals surface area contributed by atoms with Gasteiger partial charge in [-0.3, -0.25) is 9.59 Å². The molecule has 2 atom stereocenters. The Morgan fingerprint density at radius 2 is 0.794 bits per heavy atom. The van der Waals surface area contributed by atoms with Crippen LogP contribution >= 0.6 is 0 Å². The molecule has 0 aliphatic carbocycles. The fourth-order valence-electron chi connectivity index (χ4n) is 8.37. The minimum absolute atomic E-state index is 0.0405. The molecule has 0 aromatic heterocycles. The summed E-state index contributed by atoms with van der Waals surface area (Å²) in [6.45, 7) is 4.82. The van der Waals surface area contributed by atoms with Crippen molar-refractivity contribution >= 4 is 11.9 Å². The lowest BCUT2D eigenvalue weighted by Gasteiger charge is -2.20. The van der Waals surface area contributed by atoms with Gasteiger partial charge in [-0.2, -0.15) is 0 Å². The Kier molecular flexibility index (Phi) is 51.1. The molecule has 63 heavy (non-hydrogen) atoms.